The first-order valence-electron chi connectivity index (χ1n) is 13.2. The zero-order valence-corrected chi connectivity index (χ0v) is 23.1. The summed E-state index contributed by atoms with van der Waals surface area (Å²) in [5.74, 6) is 1.99. The van der Waals surface area contributed by atoms with Gasteiger partial charge in [0.2, 0.25) is 0 Å². The molecule has 188 valence electrons. The van der Waals surface area contributed by atoms with E-state index in [-0.39, 0.29) is 6.29 Å². The second-order valence-corrected chi connectivity index (χ2v) is 10.9. The highest BCUT2D eigenvalue weighted by molar-refractivity contribution is 4.94. The Morgan fingerprint density at radius 1 is 0.531 bits per heavy atom. The second-order valence-electron chi connectivity index (χ2n) is 10.9. The van der Waals surface area contributed by atoms with Gasteiger partial charge in [0.25, 0.3) is 0 Å². The molecule has 0 fully saturated rings. The molecule has 0 aromatic carbocycles. The summed E-state index contributed by atoms with van der Waals surface area (Å²) >= 11 is 0. The van der Waals surface area contributed by atoms with Crippen LogP contribution in [0.3, 0.4) is 0 Å². The predicted molar refractivity (Wildman–Crippen MR) is 143 cm³/mol. The Labute approximate surface area is 201 Å². The van der Waals surface area contributed by atoms with Gasteiger partial charge in [-0.05, 0) is 111 Å². The fraction of sp³-hybridized carbons (Fsp3) is 0.800. The Bertz CT molecular complexity index is 497. The first-order valence-corrected chi connectivity index (χ1v) is 13.2. The molecule has 0 aromatic rings. The van der Waals surface area contributed by atoms with E-state index in [2.05, 4.69) is 80.5 Å². The molecule has 0 aliphatic carbocycles. The predicted octanol–water partition coefficient (Wildman–Crippen LogP) is 9.66. The number of allylic oxidation sites excluding steroid dienone is 6. The highest BCUT2D eigenvalue weighted by Crippen LogP contribution is 2.20. The van der Waals surface area contributed by atoms with Crippen molar-refractivity contribution in [1.29, 1.82) is 0 Å². The molecular formula is C30H56O2. The summed E-state index contributed by atoms with van der Waals surface area (Å²) in [4.78, 5) is 0. The molecule has 0 heterocycles. The largest absolute Gasteiger partial charge is 0.353 e. The summed E-state index contributed by atoms with van der Waals surface area (Å²) in [7, 11) is 0. The van der Waals surface area contributed by atoms with E-state index in [1.54, 1.807) is 0 Å². The SMILES string of the molecule is CC(C)=CCC[C@H](C)CCOC(C[C@H](C)CCC=C(C)C)OCC[C@@H](C)CCC=C(C)C. The van der Waals surface area contributed by atoms with Crippen LogP contribution >= 0.6 is 0 Å². The minimum absolute atomic E-state index is 0.0633. The van der Waals surface area contributed by atoms with Crippen LogP contribution in [0, 0.1) is 17.8 Å². The van der Waals surface area contributed by atoms with E-state index >= 15 is 0 Å². The van der Waals surface area contributed by atoms with Gasteiger partial charge in [0, 0.05) is 19.6 Å². The van der Waals surface area contributed by atoms with E-state index in [1.807, 2.05) is 0 Å². The maximum absolute atomic E-state index is 6.27. The van der Waals surface area contributed by atoms with E-state index in [1.165, 1.54) is 48.8 Å². The molecule has 0 saturated carbocycles. The molecule has 0 amide bonds. The Balaban J connectivity index is 4.47. The Morgan fingerprint density at radius 2 is 0.875 bits per heavy atom. The molecule has 0 aliphatic heterocycles. The quantitative estimate of drug-likeness (QED) is 0.145. The van der Waals surface area contributed by atoms with Gasteiger partial charge < -0.3 is 9.47 Å². The summed E-state index contributed by atoms with van der Waals surface area (Å²) in [6.07, 6.45) is 17.4. The third kappa shape index (κ3) is 21.0. The lowest BCUT2D eigenvalue weighted by atomic mass is 10.00. The molecule has 0 bridgehead atoms. The summed E-state index contributed by atoms with van der Waals surface area (Å²) in [5.41, 5.74) is 4.24. The van der Waals surface area contributed by atoms with Crippen LogP contribution < -0.4 is 0 Å². The van der Waals surface area contributed by atoms with Crippen molar-refractivity contribution < 1.29 is 9.47 Å². The summed E-state index contributed by atoms with van der Waals surface area (Å²) in [6.45, 7) is 21.7. The van der Waals surface area contributed by atoms with Crippen LogP contribution in [-0.2, 0) is 9.47 Å². The fourth-order valence-electron chi connectivity index (χ4n) is 3.69. The van der Waals surface area contributed by atoms with E-state index < -0.39 is 0 Å². The topological polar surface area (TPSA) is 18.5 Å². The standard InChI is InChI=1S/C30H56O2/c1-24(2)13-10-16-27(7)19-21-31-30(23-29(9)18-12-15-26(5)6)32-22-20-28(8)17-11-14-25(3)4/h13-15,27-30H,10-12,16-23H2,1-9H3/t27-,28-,29+/m0/s1. The fourth-order valence-corrected chi connectivity index (χ4v) is 3.69. The monoisotopic (exact) mass is 448 g/mol. The molecule has 0 unspecified atom stereocenters. The van der Waals surface area contributed by atoms with Crippen molar-refractivity contribution in [3.8, 4) is 0 Å². The van der Waals surface area contributed by atoms with E-state index in [0.717, 1.165) is 38.9 Å². The Kier molecular flexibility index (Phi) is 19.1. The van der Waals surface area contributed by atoms with E-state index in [4.69, 9.17) is 9.47 Å². The highest BCUT2D eigenvalue weighted by atomic mass is 16.7. The molecule has 2 heteroatoms. The third-order valence-electron chi connectivity index (χ3n) is 6.06. The average Bonchev–Trinajstić information content (AvgIpc) is 2.66. The van der Waals surface area contributed by atoms with E-state index in [0.29, 0.717) is 17.8 Å². The Hall–Kier alpha value is -0.860. The lowest BCUT2D eigenvalue weighted by molar-refractivity contribution is -0.155. The molecular weight excluding hydrogens is 392 g/mol. The summed E-state index contributed by atoms with van der Waals surface area (Å²) < 4.78 is 12.5. The Morgan fingerprint density at radius 3 is 1.22 bits per heavy atom. The van der Waals surface area contributed by atoms with Crippen LogP contribution in [0.25, 0.3) is 0 Å². The normalized spacial score (nSPS) is 14.1. The molecule has 2 nitrogen and oxygen atoms in total. The molecule has 0 saturated heterocycles. The third-order valence-corrected chi connectivity index (χ3v) is 6.06. The first kappa shape index (κ1) is 31.1. The van der Waals surface area contributed by atoms with Gasteiger partial charge in [-0.3, -0.25) is 0 Å². The summed E-state index contributed by atoms with van der Waals surface area (Å²) in [6, 6.07) is 0. The number of hydrogen-bond acceptors (Lipinski definition) is 2. The first-order chi connectivity index (χ1) is 15.1. The van der Waals surface area contributed by atoms with Crippen LogP contribution in [0.4, 0.5) is 0 Å². The molecule has 0 N–H and O–H groups in total. The van der Waals surface area contributed by atoms with Crippen molar-refractivity contribution in [3.05, 3.63) is 34.9 Å². The van der Waals surface area contributed by atoms with Crippen molar-refractivity contribution >= 4 is 0 Å². The number of hydrogen-bond donors (Lipinski definition) is 0. The number of ether oxygens (including phenoxy) is 2. The molecule has 0 aliphatic rings. The van der Waals surface area contributed by atoms with Gasteiger partial charge in [0.1, 0.15) is 0 Å². The minimum Gasteiger partial charge on any atom is -0.353 e. The highest BCUT2D eigenvalue weighted by Gasteiger charge is 2.15. The molecule has 32 heavy (non-hydrogen) atoms. The second kappa shape index (κ2) is 19.6. The van der Waals surface area contributed by atoms with Gasteiger partial charge in [0.15, 0.2) is 6.29 Å². The van der Waals surface area contributed by atoms with Crippen molar-refractivity contribution in [3.63, 3.8) is 0 Å². The zero-order chi connectivity index (χ0) is 24.4. The van der Waals surface area contributed by atoms with Gasteiger partial charge in [-0.2, -0.15) is 0 Å². The van der Waals surface area contributed by atoms with Crippen LogP contribution in [0.5, 0.6) is 0 Å². The van der Waals surface area contributed by atoms with Gasteiger partial charge in [-0.15, -0.1) is 0 Å². The molecule has 3 atom stereocenters. The maximum atomic E-state index is 6.27. The van der Waals surface area contributed by atoms with Crippen LogP contribution in [-0.4, -0.2) is 19.5 Å². The zero-order valence-electron chi connectivity index (χ0n) is 23.1. The van der Waals surface area contributed by atoms with Crippen molar-refractivity contribution in [2.45, 2.75) is 126 Å². The van der Waals surface area contributed by atoms with Crippen LogP contribution in [0.1, 0.15) is 120 Å². The molecule has 0 radical (unpaired) electrons. The van der Waals surface area contributed by atoms with Gasteiger partial charge in [0.05, 0.1) is 0 Å². The lowest BCUT2D eigenvalue weighted by Crippen LogP contribution is -2.23. The van der Waals surface area contributed by atoms with Crippen molar-refractivity contribution in [2.75, 3.05) is 13.2 Å². The molecule has 0 spiro atoms. The molecule has 0 aromatic heterocycles. The smallest absolute Gasteiger partial charge is 0.157 e. The average molecular weight is 449 g/mol. The lowest BCUT2D eigenvalue weighted by Gasteiger charge is -2.23. The molecule has 0 rings (SSSR count). The minimum atomic E-state index is -0.0633. The maximum Gasteiger partial charge on any atom is 0.157 e. The van der Waals surface area contributed by atoms with Gasteiger partial charge >= 0.3 is 0 Å². The van der Waals surface area contributed by atoms with Crippen molar-refractivity contribution in [2.24, 2.45) is 17.8 Å². The summed E-state index contributed by atoms with van der Waals surface area (Å²) in [5, 5.41) is 0. The number of rotatable bonds is 19. The van der Waals surface area contributed by atoms with Crippen LogP contribution in [0.15, 0.2) is 34.9 Å². The van der Waals surface area contributed by atoms with E-state index in [9.17, 15) is 0 Å². The van der Waals surface area contributed by atoms with Gasteiger partial charge in [-0.1, -0.05) is 55.7 Å². The van der Waals surface area contributed by atoms with Crippen molar-refractivity contribution in [1.82, 2.24) is 0 Å². The van der Waals surface area contributed by atoms with Gasteiger partial charge in [-0.25, -0.2) is 0 Å². The van der Waals surface area contributed by atoms with Crippen LogP contribution in [0.2, 0.25) is 0 Å².